The van der Waals surface area contributed by atoms with Gasteiger partial charge < -0.3 is 14.9 Å². The van der Waals surface area contributed by atoms with Crippen LogP contribution in [0, 0.1) is 5.41 Å². The van der Waals surface area contributed by atoms with Gasteiger partial charge in [0.25, 0.3) is 0 Å². The van der Waals surface area contributed by atoms with Gasteiger partial charge in [-0.05, 0) is 49.4 Å². The van der Waals surface area contributed by atoms with Gasteiger partial charge in [-0.3, -0.25) is 0 Å². The number of fused-ring (bicyclic) bond motifs is 1. The number of esters is 1. The van der Waals surface area contributed by atoms with Gasteiger partial charge in [0.05, 0.1) is 16.0 Å². The highest BCUT2D eigenvalue weighted by Crippen LogP contribution is 2.42. The summed E-state index contributed by atoms with van der Waals surface area (Å²) in [7, 11) is 0. The first-order valence-electron chi connectivity index (χ1n) is 9.56. The van der Waals surface area contributed by atoms with Crippen LogP contribution in [-0.2, 0) is 11.2 Å². The van der Waals surface area contributed by atoms with Gasteiger partial charge in [0.1, 0.15) is 11.8 Å². The van der Waals surface area contributed by atoms with Gasteiger partial charge >= 0.3 is 5.97 Å². The molecular formula is C22H23N3O2S. The SMILES string of the molecule is NC(=S)C1(Cc2ccc3nccn3c2)CCCCC1OC(=O)c1ccccc1. The van der Waals surface area contributed by atoms with Crippen LogP contribution in [0.3, 0.4) is 0 Å². The van der Waals surface area contributed by atoms with Crippen molar-refractivity contribution in [2.75, 3.05) is 0 Å². The average Bonchev–Trinajstić information content (AvgIpc) is 3.18. The third-order valence-corrected chi connectivity index (χ3v) is 6.08. The van der Waals surface area contributed by atoms with E-state index in [9.17, 15) is 4.79 Å². The number of nitrogens with zero attached hydrogens (tertiary/aromatic N) is 2. The van der Waals surface area contributed by atoms with Crippen LogP contribution >= 0.6 is 12.2 Å². The van der Waals surface area contributed by atoms with Crippen molar-refractivity contribution >= 4 is 28.8 Å². The number of nitrogens with two attached hydrogens (primary N) is 1. The summed E-state index contributed by atoms with van der Waals surface area (Å²) in [6.45, 7) is 0. The Bertz CT molecular complexity index is 1000. The Morgan fingerprint density at radius 3 is 2.86 bits per heavy atom. The molecule has 6 heteroatoms. The predicted molar refractivity (Wildman–Crippen MR) is 112 cm³/mol. The van der Waals surface area contributed by atoms with Crippen LogP contribution in [0.5, 0.6) is 0 Å². The number of hydrogen-bond acceptors (Lipinski definition) is 4. The largest absolute Gasteiger partial charge is 0.458 e. The van der Waals surface area contributed by atoms with E-state index >= 15 is 0 Å². The second-order valence-corrected chi connectivity index (χ2v) is 7.87. The van der Waals surface area contributed by atoms with Crippen molar-refractivity contribution in [1.82, 2.24) is 9.38 Å². The third kappa shape index (κ3) is 3.52. The Balaban J connectivity index is 1.63. The smallest absolute Gasteiger partial charge is 0.338 e. The fraction of sp³-hybridized carbons (Fsp3) is 0.318. The molecule has 1 saturated carbocycles. The van der Waals surface area contributed by atoms with E-state index in [2.05, 4.69) is 4.98 Å². The normalized spacial score (nSPS) is 22.1. The van der Waals surface area contributed by atoms with E-state index in [1.165, 1.54) is 0 Å². The number of thiocarbonyl (C=S) groups is 1. The third-order valence-electron chi connectivity index (χ3n) is 5.67. The van der Waals surface area contributed by atoms with E-state index in [1.54, 1.807) is 18.3 Å². The first kappa shape index (κ1) is 18.6. The van der Waals surface area contributed by atoms with E-state index in [-0.39, 0.29) is 12.1 Å². The van der Waals surface area contributed by atoms with E-state index in [4.69, 9.17) is 22.7 Å². The summed E-state index contributed by atoms with van der Waals surface area (Å²) in [6.07, 6.45) is 9.65. The van der Waals surface area contributed by atoms with Crippen molar-refractivity contribution in [3.05, 3.63) is 72.2 Å². The Kier molecular flexibility index (Phi) is 5.13. The Morgan fingerprint density at radius 1 is 1.25 bits per heavy atom. The number of pyridine rings is 1. The number of ether oxygens (including phenoxy) is 1. The average molecular weight is 394 g/mol. The van der Waals surface area contributed by atoms with Gasteiger partial charge in [0, 0.05) is 18.6 Å². The van der Waals surface area contributed by atoms with Crippen molar-refractivity contribution in [3.8, 4) is 0 Å². The van der Waals surface area contributed by atoms with Gasteiger partial charge in [-0.1, -0.05) is 42.9 Å². The number of hydrogen-bond donors (Lipinski definition) is 1. The Morgan fingerprint density at radius 2 is 2.07 bits per heavy atom. The topological polar surface area (TPSA) is 69.6 Å². The van der Waals surface area contributed by atoms with Gasteiger partial charge in [0.15, 0.2) is 0 Å². The van der Waals surface area contributed by atoms with Crippen LogP contribution in [0.1, 0.15) is 41.6 Å². The first-order valence-corrected chi connectivity index (χ1v) is 9.97. The maximum absolute atomic E-state index is 12.7. The zero-order chi connectivity index (χ0) is 19.6. The van der Waals surface area contributed by atoms with E-state index in [0.717, 1.165) is 36.9 Å². The summed E-state index contributed by atoms with van der Waals surface area (Å²) in [4.78, 5) is 17.4. The summed E-state index contributed by atoms with van der Waals surface area (Å²) in [6, 6.07) is 13.1. The summed E-state index contributed by atoms with van der Waals surface area (Å²) in [5, 5.41) is 0. The lowest BCUT2D eigenvalue weighted by Gasteiger charge is -2.43. The maximum atomic E-state index is 12.7. The monoisotopic (exact) mass is 393 g/mol. The molecule has 1 aliphatic carbocycles. The summed E-state index contributed by atoms with van der Waals surface area (Å²) < 4.78 is 7.96. The molecule has 28 heavy (non-hydrogen) atoms. The van der Waals surface area contributed by atoms with Crippen molar-refractivity contribution < 1.29 is 9.53 Å². The molecule has 2 N–H and O–H groups in total. The van der Waals surface area contributed by atoms with Crippen LogP contribution in [0.25, 0.3) is 5.65 Å². The lowest BCUT2D eigenvalue weighted by Crippen LogP contribution is -2.51. The van der Waals surface area contributed by atoms with Crippen LogP contribution in [0.4, 0.5) is 0 Å². The fourth-order valence-corrected chi connectivity index (χ4v) is 4.46. The molecule has 1 aromatic carbocycles. The predicted octanol–water partition coefficient (Wildman–Crippen LogP) is 3.95. The minimum atomic E-state index is -0.535. The van der Waals surface area contributed by atoms with E-state index in [0.29, 0.717) is 17.0 Å². The zero-order valence-electron chi connectivity index (χ0n) is 15.6. The van der Waals surface area contributed by atoms with Crippen LogP contribution in [0.2, 0.25) is 0 Å². The zero-order valence-corrected chi connectivity index (χ0v) is 16.4. The second kappa shape index (κ2) is 7.72. The molecule has 3 aromatic rings. The van der Waals surface area contributed by atoms with Gasteiger partial charge in [-0.25, -0.2) is 9.78 Å². The quantitative estimate of drug-likeness (QED) is 0.525. The number of rotatable bonds is 5. The lowest BCUT2D eigenvalue weighted by molar-refractivity contribution is -0.0146. The minimum Gasteiger partial charge on any atom is -0.458 e. The van der Waals surface area contributed by atoms with Crippen molar-refractivity contribution in [2.45, 2.75) is 38.2 Å². The summed E-state index contributed by atoms with van der Waals surface area (Å²) in [5.41, 5.74) is 8.27. The molecule has 4 rings (SSSR count). The number of imidazole rings is 1. The van der Waals surface area contributed by atoms with Gasteiger partial charge in [0.2, 0.25) is 0 Å². The molecule has 0 radical (unpaired) electrons. The molecule has 2 aromatic heterocycles. The molecule has 1 aliphatic rings. The molecule has 144 valence electrons. The van der Waals surface area contributed by atoms with Gasteiger partial charge in [-0.2, -0.15) is 0 Å². The van der Waals surface area contributed by atoms with Crippen LogP contribution in [0.15, 0.2) is 61.1 Å². The highest BCUT2D eigenvalue weighted by atomic mass is 32.1. The lowest BCUT2D eigenvalue weighted by atomic mass is 9.68. The van der Waals surface area contributed by atoms with Crippen molar-refractivity contribution in [3.63, 3.8) is 0 Å². The molecule has 5 nitrogen and oxygen atoms in total. The standard InChI is InChI=1S/C22H23N3O2S/c23-21(28)22(14-16-9-10-19-24-12-13-25(19)15-16)11-5-4-8-18(22)27-20(26)17-6-2-1-3-7-17/h1-3,6-7,9-10,12-13,15,18H,4-5,8,11,14H2,(H2,23,28). The number of carbonyl (C=O) groups excluding carboxylic acids is 1. The van der Waals surface area contributed by atoms with Crippen molar-refractivity contribution in [2.24, 2.45) is 11.1 Å². The molecule has 0 amide bonds. The Labute approximate surface area is 169 Å². The first-order chi connectivity index (χ1) is 13.6. The minimum absolute atomic E-state index is 0.321. The van der Waals surface area contributed by atoms with Crippen molar-refractivity contribution in [1.29, 1.82) is 0 Å². The number of aromatic nitrogens is 2. The number of benzene rings is 1. The Hall–Kier alpha value is -2.73. The molecule has 0 saturated heterocycles. The van der Waals surface area contributed by atoms with Crippen LogP contribution < -0.4 is 5.73 Å². The van der Waals surface area contributed by atoms with Gasteiger partial charge in [-0.15, -0.1) is 0 Å². The molecule has 1 fully saturated rings. The molecule has 2 heterocycles. The number of carbonyl (C=O) groups is 1. The molecule has 2 atom stereocenters. The molecule has 0 bridgehead atoms. The molecular weight excluding hydrogens is 370 g/mol. The fourth-order valence-electron chi connectivity index (χ4n) is 4.16. The second-order valence-electron chi connectivity index (χ2n) is 7.43. The highest BCUT2D eigenvalue weighted by Gasteiger charge is 2.46. The van der Waals surface area contributed by atoms with E-state index in [1.807, 2.05) is 47.1 Å². The van der Waals surface area contributed by atoms with Crippen LogP contribution in [-0.4, -0.2) is 26.4 Å². The van der Waals surface area contributed by atoms with E-state index < -0.39 is 5.41 Å². The summed E-state index contributed by atoms with van der Waals surface area (Å²) >= 11 is 5.52. The maximum Gasteiger partial charge on any atom is 0.338 e. The molecule has 0 spiro atoms. The molecule has 2 unspecified atom stereocenters. The highest BCUT2D eigenvalue weighted by molar-refractivity contribution is 7.80. The summed E-state index contributed by atoms with van der Waals surface area (Å²) in [5.74, 6) is -0.321. The molecule has 0 aliphatic heterocycles.